The SMILES string of the molecule is COc1ncc(C=O)c(C)c1OC(F)(F)F. The second-order valence-electron chi connectivity index (χ2n) is 2.84. The molecule has 0 saturated heterocycles. The van der Waals surface area contributed by atoms with Crippen molar-refractivity contribution in [2.75, 3.05) is 7.11 Å². The number of rotatable bonds is 3. The average Bonchev–Trinajstić information content (AvgIpc) is 2.19. The second-order valence-corrected chi connectivity index (χ2v) is 2.84. The molecule has 0 amide bonds. The normalized spacial score (nSPS) is 11.1. The zero-order chi connectivity index (χ0) is 12.3. The van der Waals surface area contributed by atoms with E-state index < -0.39 is 12.1 Å². The Morgan fingerprint density at radius 1 is 1.44 bits per heavy atom. The maximum atomic E-state index is 12.1. The Morgan fingerprint density at radius 3 is 2.50 bits per heavy atom. The summed E-state index contributed by atoms with van der Waals surface area (Å²) in [6, 6.07) is 0. The van der Waals surface area contributed by atoms with Gasteiger partial charge in [0.2, 0.25) is 0 Å². The number of alkyl halides is 3. The summed E-state index contributed by atoms with van der Waals surface area (Å²) in [7, 11) is 1.16. The zero-order valence-electron chi connectivity index (χ0n) is 8.46. The highest BCUT2D eigenvalue weighted by molar-refractivity contribution is 5.78. The molecule has 0 spiro atoms. The van der Waals surface area contributed by atoms with E-state index in [1.54, 1.807) is 0 Å². The fourth-order valence-corrected chi connectivity index (χ4v) is 1.08. The summed E-state index contributed by atoms with van der Waals surface area (Å²) in [5.74, 6) is -0.917. The third kappa shape index (κ3) is 2.62. The van der Waals surface area contributed by atoms with Crippen LogP contribution < -0.4 is 9.47 Å². The molecule has 0 fully saturated rings. The van der Waals surface area contributed by atoms with E-state index in [1.165, 1.54) is 6.92 Å². The minimum Gasteiger partial charge on any atom is -0.478 e. The Morgan fingerprint density at radius 2 is 2.06 bits per heavy atom. The van der Waals surface area contributed by atoms with Gasteiger partial charge in [-0.3, -0.25) is 4.79 Å². The Bertz CT molecular complexity index is 404. The Labute approximate surface area is 89.0 Å². The van der Waals surface area contributed by atoms with Crippen LogP contribution in [0, 0.1) is 6.92 Å². The number of carbonyl (C=O) groups excluding carboxylic acids is 1. The number of nitrogens with zero attached hydrogens (tertiary/aromatic N) is 1. The van der Waals surface area contributed by atoms with Crippen LogP contribution in [0.3, 0.4) is 0 Å². The molecule has 16 heavy (non-hydrogen) atoms. The maximum absolute atomic E-state index is 12.1. The summed E-state index contributed by atoms with van der Waals surface area (Å²) in [5, 5.41) is 0. The topological polar surface area (TPSA) is 48.4 Å². The predicted octanol–water partition coefficient (Wildman–Crippen LogP) is 2.11. The van der Waals surface area contributed by atoms with E-state index in [4.69, 9.17) is 0 Å². The van der Waals surface area contributed by atoms with Crippen molar-refractivity contribution in [2.45, 2.75) is 13.3 Å². The predicted molar refractivity (Wildman–Crippen MR) is 47.6 cm³/mol. The molecule has 88 valence electrons. The lowest BCUT2D eigenvalue weighted by atomic mass is 10.1. The van der Waals surface area contributed by atoms with Gasteiger partial charge in [0.1, 0.15) is 0 Å². The number of hydrogen-bond donors (Lipinski definition) is 0. The van der Waals surface area contributed by atoms with Crippen molar-refractivity contribution in [3.05, 3.63) is 17.3 Å². The molecule has 0 aromatic carbocycles. The largest absolute Gasteiger partial charge is 0.573 e. The molecule has 1 heterocycles. The molecule has 7 heteroatoms. The van der Waals surface area contributed by atoms with Crippen molar-refractivity contribution < 1.29 is 27.4 Å². The molecule has 0 aliphatic rings. The molecule has 0 aliphatic heterocycles. The molecule has 4 nitrogen and oxygen atoms in total. The van der Waals surface area contributed by atoms with Crippen LogP contribution in [0.15, 0.2) is 6.20 Å². The minimum absolute atomic E-state index is 0.0139. The van der Waals surface area contributed by atoms with Gasteiger partial charge in [0.05, 0.1) is 7.11 Å². The fourth-order valence-electron chi connectivity index (χ4n) is 1.08. The van der Waals surface area contributed by atoms with E-state index in [9.17, 15) is 18.0 Å². The zero-order valence-corrected chi connectivity index (χ0v) is 8.46. The summed E-state index contributed by atoms with van der Waals surface area (Å²) in [6.45, 7) is 1.31. The van der Waals surface area contributed by atoms with Crippen molar-refractivity contribution in [3.8, 4) is 11.6 Å². The standard InChI is InChI=1S/C9H8F3NO3/c1-5-6(4-14)3-13-8(15-2)7(5)16-9(10,11)12/h3-4H,1-2H3. The summed E-state index contributed by atoms with van der Waals surface area (Å²) in [6.07, 6.45) is -3.35. The minimum atomic E-state index is -4.86. The molecule has 0 bridgehead atoms. The third-order valence-electron chi connectivity index (χ3n) is 1.83. The van der Waals surface area contributed by atoms with Crippen LogP contribution in [0.4, 0.5) is 13.2 Å². The number of halogens is 3. The van der Waals surface area contributed by atoms with Crippen LogP contribution in [0.2, 0.25) is 0 Å². The van der Waals surface area contributed by atoms with E-state index in [0.717, 1.165) is 13.3 Å². The van der Waals surface area contributed by atoms with Gasteiger partial charge in [-0.2, -0.15) is 0 Å². The number of aromatic nitrogens is 1. The molecular weight excluding hydrogens is 227 g/mol. The van der Waals surface area contributed by atoms with E-state index in [2.05, 4.69) is 14.5 Å². The van der Waals surface area contributed by atoms with Crippen molar-refractivity contribution >= 4 is 6.29 Å². The molecule has 0 N–H and O–H groups in total. The van der Waals surface area contributed by atoms with E-state index in [0.29, 0.717) is 6.29 Å². The van der Waals surface area contributed by atoms with Crippen LogP contribution in [0.25, 0.3) is 0 Å². The van der Waals surface area contributed by atoms with Gasteiger partial charge < -0.3 is 9.47 Å². The van der Waals surface area contributed by atoms with Crippen molar-refractivity contribution in [1.29, 1.82) is 0 Å². The van der Waals surface area contributed by atoms with Crippen molar-refractivity contribution in [3.63, 3.8) is 0 Å². The van der Waals surface area contributed by atoms with Crippen molar-refractivity contribution in [2.24, 2.45) is 0 Å². The van der Waals surface area contributed by atoms with Crippen molar-refractivity contribution in [1.82, 2.24) is 4.98 Å². The second kappa shape index (κ2) is 4.38. The van der Waals surface area contributed by atoms with Crippen LogP contribution in [-0.2, 0) is 0 Å². The number of aldehydes is 1. The summed E-state index contributed by atoms with van der Waals surface area (Å²) >= 11 is 0. The number of ether oxygens (including phenoxy) is 2. The first-order chi connectivity index (χ1) is 7.39. The Balaban J connectivity index is 3.26. The van der Waals surface area contributed by atoms with Gasteiger partial charge in [-0.05, 0) is 6.92 Å². The lowest BCUT2D eigenvalue weighted by Crippen LogP contribution is -2.19. The van der Waals surface area contributed by atoms with Gasteiger partial charge in [-0.1, -0.05) is 0 Å². The lowest BCUT2D eigenvalue weighted by Gasteiger charge is -2.14. The first kappa shape index (κ1) is 12.3. The summed E-state index contributed by atoms with van der Waals surface area (Å²) < 4.78 is 44.6. The van der Waals surface area contributed by atoms with Crippen LogP contribution >= 0.6 is 0 Å². The highest BCUT2D eigenvalue weighted by Gasteiger charge is 2.34. The van der Waals surface area contributed by atoms with Gasteiger partial charge in [-0.15, -0.1) is 13.2 Å². The van der Waals surface area contributed by atoms with Gasteiger partial charge in [0.15, 0.2) is 12.0 Å². The summed E-state index contributed by atoms with van der Waals surface area (Å²) in [4.78, 5) is 14.1. The number of pyridine rings is 1. The molecule has 0 atom stereocenters. The molecule has 1 aromatic rings. The molecular formula is C9H8F3NO3. The Kier molecular flexibility index (Phi) is 3.36. The van der Waals surface area contributed by atoms with E-state index >= 15 is 0 Å². The van der Waals surface area contributed by atoms with Gasteiger partial charge in [0.25, 0.3) is 5.88 Å². The first-order valence-electron chi connectivity index (χ1n) is 4.13. The number of methoxy groups -OCH3 is 1. The number of hydrogen-bond acceptors (Lipinski definition) is 4. The van der Waals surface area contributed by atoms with Crippen LogP contribution in [0.1, 0.15) is 15.9 Å². The molecule has 0 aliphatic carbocycles. The lowest BCUT2D eigenvalue weighted by molar-refractivity contribution is -0.275. The van der Waals surface area contributed by atoms with E-state index in [-0.39, 0.29) is 17.0 Å². The Hall–Kier alpha value is -1.79. The van der Waals surface area contributed by atoms with Gasteiger partial charge in [0, 0.05) is 17.3 Å². The molecule has 0 saturated carbocycles. The third-order valence-corrected chi connectivity index (χ3v) is 1.83. The molecule has 1 rings (SSSR count). The highest BCUT2D eigenvalue weighted by Crippen LogP contribution is 2.34. The smallest absolute Gasteiger partial charge is 0.478 e. The monoisotopic (exact) mass is 235 g/mol. The quantitative estimate of drug-likeness (QED) is 0.753. The van der Waals surface area contributed by atoms with Gasteiger partial charge >= 0.3 is 6.36 Å². The fraction of sp³-hybridized carbons (Fsp3) is 0.333. The molecule has 1 aromatic heterocycles. The first-order valence-corrected chi connectivity index (χ1v) is 4.13. The highest BCUT2D eigenvalue weighted by atomic mass is 19.4. The number of carbonyl (C=O) groups is 1. The maximum Gasteiger partial charge on any atom is 0.573 e. The van der Waals surface area contributed by atoms with E-state index in [1.807, 2.05) is 0 Å². The average molecular weight is 235 g/mol. The van der Waals surface area contributed by atoms with Crippen LogP contribution in [-0.4, -0.2) is 24.7 Å². The summed E-state index contributed by atoms with van der Waals surface area (Å²) in [5.41, 5.74) is 0.0409. The van der Waals surface area contributed by atoms with Gasteiger partial charge in [-0.25, -0.2) is 4.98 Å². The molecule has 0 unspecified atom stereocenters. The van der Waals surface area contributed by atoms with Crippen LogP contribution in [0.5, 0.6) is 11.6 Å². The molecule has 0 radical (unpaired) electrons.